The number of halogens is 5. The van der Waals surface area contributed by atoms with Gasteiger partial charge in [0, 0.05) is 30.7 Å². The Kier molecular flexibility index (Phi) is 7.98. The number of nitrogens with zero attached hydrogens (tertiary/aromatic N) is 2. The highest BCUT2D eigenvalue weighted by molar-refractivity contribution is 8.00. The summed E-state index contributed by atoms with van der Waals surface area (Å²) in [6, 6.07) is 3.18. The SMILES string of the molecule is COCCOC(=O)CSc1cc(-c2nn(C)c(C(F)(F)F)cc2=O)c(Cl)cc1Cl. The number of esters is 1. The largest absolute Gasteiger partial charge is 0.463 e. The number of hydrogen-bond donors (Lipinski definition) is 0. The van der Waals surface area contributed by atoms with Gasteiger partial charge in [0.25, 0.3) is 0 Å². The minimum absolute atomic E-state index is 0.0337. The smallest absolute Gasteiger partial charge is 0.433 e. The topological polar surface area (TPSA) is 70.4 Å². The summed E-state index contributed by atoms with van der Waals surface area (Å²) in [5, 5.41) is 3.97. The van der Waals surface area contributed by atoms with Gasteiger partial charge in [-0.2, -0.15) is 18.3 Å². The fourth-order valence-corrected chi connectivity index (χ4v) is 3.62. The van der Waals surface area contributed by atoms with Crippen molar-refractivity contribution in [2.75, 3.05) is 26.1 Å². The summed E-state index contributed by atoms with van der Waals surface area (Å²) in [6.45, 7) is 0.353. The molecule has 1 aromatic heterocycles. The maximum Gasteiger partial charge on any atom is 0.433 e. The van der Waals surface area contributed by atoms with Crippen molar-refractivity contribution in [2.24, 2.45) is 7.05 Å². The van der Waals surface area contributed by atoms with E-state index in [2.05, 4.69) is 5.10 Å². The van der Waals surface area contributed by atoms with Crippen molar-refractivity contribution < 1.29 is 27.4 Å². The van der Waals surface area contributed by atoms with Gasteiger partial charge in [0.1, 0.15) is 18.0 Å². The Labute approximate surface area is 177 Å². The highest BCUT2D eigenvalue weighted by Crippen LogP contribution is 2.36. The second-order valence-corrected chi connectivity index (χ2v) is 7.46. The molecule has 0 radical (unpaired) electrons. The molecule has 158 valence electrons. The van der Waals surface area contributed by atoms with Crippen LogP contribution in [0.15, 0.2) is 27.9 Å². The molecule has 0 aliphatic heterocycles. The number of hydrogen-bond acceptors (Lipinski definition) is 6. The van der Waals surface area contributed by atoms with Crippen LogP contribution in [0.4, 0.5) is 13.2 Å². The third kappa shape index (κ3) is 6.11. The molecule has 0 aliphatic rings. The monoisotopic (exact) mass is 470 g/mol. The zero-order chi connectivity index (χ0) is 21.8. The van der Waals surface area contributed by atoms with Crippen molar-refractivity contribution in [3.8, 4) is 11.3 Å². The van der Waals surface area contributed by atoms with Crippen LogP contribution >= 0.6 is 35.0 Å². The number of alkyl halides is 3. The molecule has 0 aliphatic carbocycles. The number of methoxy groups -OCH3 is 1. The number of benzene rings is 1. The number of aryl methyl sites for hydroxylation is 1. The van der Waals surface area contributed by atoms with Crippen LogP contribution in [0.1, 0.15) is 5.69 Å². The summed E-state index contributed by atoms with van der Waals surface area (Å²) in [4.78, 5) is 24.3. The molecule has 0 saturated heterocycles. The van der Waals surface area contributed by atoms with Gasteiger partial charge in [0.05, 0.1) is 22.4 Å². The molecule has 2 rings (SSSR count). The van der Waals surface area contributed by atoms with Gasteiger partial charge in [0.2, 0.25) is 5.43 Å². The highest BCUT2D eigenvalue weighted by atomic mass is 35.5. The maximum atomic E-state index is 12.9. The third-order valence-electron chi connectivity index (χ3n) is 3.56. The van der Waals surface area contributed by atoms with Crippen molar-refractivity contribution in [3.63, 3.8) is 0 Å². The Morgan fingerprint density at radius 3 is 2.52 bits per heavy atom. The van der Waals surface area contributed by atoms with Crippen molar-refractivity contribution in [3.05, 3.63) is 44.2 Å². The number of ether oxygens (including phenoxy) is 2. The molecular formula is C17H15Cl2F3N2O4S. The molecule has 0 unspecified atom stereocenters. The average Bonchev–Trinajstić information content (AvgIpc) is 2.62. The van der Waals surface area contributed by atoms with E-state index in [1.54, 1.807) is 0 Å². The van der Waals surface area contributed by atoms with E-state index in [-0.39, 0.29) is 40.3 Å². The van der Waals surface area contributed by atoms with Gasteiger partial charge >= 0.3 is 12.1 Å². The van der Waals surface area contributed by atoms with Gasteiger partial charge in [0.15, 0.2) is 0 Å². The lowest BCUT2D eigenvalue weighted by atomic mass is 10.1. The van der Waals surface area contributed by atoms with Crippen molar-refractivity contribution in [2.45, 2.75) is 11.1 Å². The molecule has 0 saturated carbocycles. The Bertz CT molecular complexity index is 967. The molecule has 6 nitrogen and oxygen atoms in total. The summed E-state index contributed by atoms with van der Waals surface area (Å²) in [5.74, 6) is -0.591. The lowest BCUT2D eigenvalue weighted by Gasteiger charge is -2.14. The lowest BCUT2D eigenvalue weighted by Crippen LogP contribution is -2.22. The molecule has 0 fully saturated rings. The van der Waals surface area contributed by atoms with E-state index in [1.807, 2.05) is 0 Å². The van der Waals surface area contributed by atoms with Crippen LogP contribution in [0.2, 0.25) is 10.0 Å². The molecular weight excluding hydrogens is 456 g/mol. The Hall–Kier alpha value is -1.75. The summed E-state index contributed by atoms with van der Waals surface area (Å²) >= 11 is 13.3. The fraction of sp³-hybridized carbons (Fsp3) is 0.353. The Balaban J connectivity index is 2.33. The number of rotatable bonds is 7. The van der Waals surface area contributed by atoms with Crippen LogP contribution < -0.4 is 5.43 Å². The van der Waals surface area contributed by atoms with Crippen LogP contribution in [0.25, 0.3) is 11.3 Å². The van der Waals surface area contributed by atoms with E-state index in [0.717, 1.165) is 18.8 Å². The Morgan fingerprint density at radius 1 is 1.21 bits per heavy atom. The first-order valence-corrected chi connectivity index (χ1v) is 9.71. The average molecular weight is 471 g/mol. The van der Waals surface area contributed by atoms with E-state index in [1.165, 1.54) is 19.2 Å². The van der Waals surface area contributed by atoms with E-state index in [0.29, 0.717) is 15.6 Å². The van der Waals surface area contributed by atoms with Crippen molar-refractivity contribution in [1.29, 1.82) is 0 Å². The van der Waals surface area contributed by atoms with E-state index in [4.69, 9.17) is 32.7 Å². The van der Waals surface area contributed by atoms with Crippen LogP contribution in [0.5, 0.6) is 0 Å². The van der Waals surface area contributed by atoms with Gasteiger partial charge < -0.3 is 9.47 Å². The fourth-order valence-electron chi connectivity index (χ4n) is 2.23. The van der Waals surface area contributed by atoms with Crippen molar-refractivity contribution >= 4 is 40.9 Å². The molecule has 29 heavy (non-hydrogen) atoms. The number of aromatic nitrogens is 2. The van der Waals surface area contributed by atoms with Gasteiger partial charge in [-0.05, 0) is 12.1 Å². The number of carbonyl (C=O) groups is 1. The van der Waals surface area contributed by atoms with Crippen LogP contribution in [-0.2, 0) is 27.5 Å². The third-order valence-corrected chi connectivity index (χ3v) is 5.33. The zero-order valence-corrected chi connectivity index (χ0v) is 17.5. The van der Waals surface area contributed by atoms with E-state index in [9.17, 15) is 22.8 Å². The van der Waals surface area contributed by atoms with E-state index >= 15 is 0 Å². The number of thioether (sulfide) groups is 1. The predicted molar refractivity (Wildman–Crippen MR) is 103 cm³/mol. The van der Waals surface area contributed by atoms with Crippen molar-refractivity contribution in [1.82, 2.24) is 9.78 Å². The summed E-state index contributed by atoms with van der Waals surface area (Å²) in [5.41, 5.74) is -2.31. The van der Waals surface area contributed by atoms with E-state index < -0.39 is 23.3 Å². The van der Waals surface area contributed by atoms with Gasteiger partial charge in [-0.25, -0.2) is 0 Å². The molecule has 0 bridgehead atoms. The van der Waals surface area contributed by atoms with Gasteiger partial charge in [-0.1, -0.05) is 23.2 Å². The minimum atomic E-state index is -4.73. The van der Waals surface area contributed by atoms with Gasteiger partial charge in [-0.15, -0.1) is 11.8 Å². The molecule has 12 heteroatoms. The molecule has 0 atom stereocenters. The summed E-state index contributed by atoms with van der Waals surface area (Å²) in [7, 11) is 2.54. The normalized spacial score (nSPS) is 11.6. The lowest BCUT2D eigenvalue weighted by molar-refractivity contribution is -0.144. The molecule has 0 amide bonds. The minimum Gasteiger partial charge on any atom is -0.463 e. The summed E-state index contributed by atoms with van der Waals surface area (Å²) < 4.78 is 49.1. The Morgan fingerprint density at radius 2 is 1.90 bits per heavy atom. The molecule has 0 spiro atoms. The maximum absolute atomic E-state index is 12.9. The first-order valence-electron chi connectivity index (χ1n) is 7.97. The summed E-state index contributed by atoms with van der Waals surface area (Å²) in [6.07, 6.45) is -4.73. The predicted octanol–water partition coefficient (Wildman–Crippen LogP) is 4.05. The zero-order valence-electron chi connectivity index (χ0n) is 15.2. The second-order valence-electron chi connectivity index (χ2n) is 5.63. The molecule has 2 aromatic rings. The van der Waals surface area contributed by atoms with Gasteiger partial charge in [-0.3, -0.25) is 14.3 Å². The quantitative estimate of drug-likeness (QED) is 0.345. The first kappa shape index (κ1) is 23.5. The van der Waals surface area contributed by atoms with Crippen LogP contribution in [0, 0.1) is 0 Å². The van der Waals surface area contributed by atoms with Crippen LogP contribution in [-0.4, -0.2) is 41.8 Å². The molecule has 1 heterocycles. The standard InChI is InChI=1S/C17H15Cl2F3N2O4S/c1-24-14(17(20,21)22)7-12(25)16(23-24)9-5-13(11(19)6-10(9)18)29-8-15(26)28-4-3-27-2/h5-7H,3-4,8H2,1-2H3. The highest BCUT2D eigenvalue weighted by Gasteiger charge is 2.34. The first-order chi connectivity index (χ1) is 13.5. The molecule has 1 aromatic carbocycles. The second kappa shape index (κ2) is 9.84. The van der Waals surface area contributed by atoms with Crippen LogP contribution in [0.3, 0.4) is 0 Å². The molecule has 0 N–H and O–H groups in total. The number of carbonyl (C=O) groups excluding carboxylic acids is 1.